The van der Waals surface area contributed by atoms with Gasteiger partial charge in [-0.1, -0.05) is 12.1 Å². The van der Waals surface area contributed by atoms with Crippen LogP contribution < -0.4 is 5.32 Å². The van der Waals surface area contributed by atoms with Crippen molar-refractivity contribution in [1.29, 1.82) is 0 Å². The molecule has 0 saturated carbocycles. The summed E-state index contributed by atoms with van der Waals surface area (Å²) in [6.45, 7) is 3.52. The van der Waals surface area contributed by atoms with Crippen LogP contribution in [0.25, 0.3) is 10.9 Å². The maximum atomic E-state index is 10.9. The van der Waals surface area contributed by atoms with Gasteiger partial charge in [-0.3, -0.25) is 4.79 Å². The molecule has 1 aromatic carbocycles. The lowest BCUT2D eigenvalue weighted by atomic mass is 10.1. The molecule has 1 N–H and O–H groups in total. The van der Waals surface area contributed by atoms with Crippen LogP contribution in [0.2, 0.25) is 0 Å². The van der Waals surface area contributed by atoms with Crippen molar-refractivity contribution in [3.63, 3.8) is 0 Å². The molecule has 1 aromatic heterocycles. The summed E-state index contributed by atoms with van der Waals surface area (Å²) in [5, 5.41) is 3.78. The lowest BCUT2D eigenvalue weighted by molar-refractivity contribution is -0.114. The molecule has 3 heteroatoms. The molecular weight excluding hydrogens is 188 g/mol. The van der Waals surface area contributed by atoms with Crippen molar-refractivity contribution in [2.45, 2.75) is 13.8 Å². The van der Waals surface area contributed by atoms with E-state index in [9.17, 15) is 4.79 Å². The second-order valence-electron chi connectivity index (χ2n) is 3.52. The monoisotopic (exact) mass is 200 g/mol. The van der Waals surface area contributed by atoms with Gasteiger partial charge in [-0.2, -0.15) is 0 Å². The van der Waals surface area contributed by atoms with Gasteiger partial charge in [-0.05, 0) is 30.7 Å². The fourth-order valence-electron chi connectivity index (χ4n) is 1.56. The van der Waals surface area contributed by atoms with Crippen molar-refractivity contribution in [3.05, 3.63) is 35.9 Å². The summed E-state index contributed by atoms with van der Waals surface area (Å²) >= 11 is 0. The van der Waals surface area contributed by atoms with Gasteiger partial charge in [0.05, 0.1) is 5.52 Å². The normalized spacial score (nSPS) is 10.3. The number of rotatable bonds is 1. The highest BCUT2D eigenvalue weighted by Crippen LogP contribution is 2.18. The molecule has 0 unspecified atom stereocenters. The van der Waals surface area contributed by atoms with Crippen LogP contribution in [-0.4, -0.2) is 10.9 Å². The Hall–Kier alpha value is -1.90. The zero-order valence-electron chi connectivity index (χ0n) is 8.74. The van der Waals surface area contributed by atoms with E-state index in [1.165, 1.54) is 12.5 Å². The average Bonchev–Trinajstić information content (AvgIpc) is 2.17. The van der Waals surface area contributed by atoms with Crippen molar-refractivity contribution >= 4 is 22.6 Å². The average molecular weight is 200 g/mol. The van der Waals surface area contributed by atoms with Gasteiger partial charge < -0.3 is 5.32 Å². The van der Waals surface area contributed by atoms with Crippen molar-refractivity contribution in [1.82, 2.24) is 4.98 Å². The number of carbonyl (C=O) groups excluding carboxylic acids is 1. The lowest BCUT2D eigenvalue weighted by Gasteiger charge is -2.04. The first-order chi connectivity index (χ1) is 7.16. The molecular formula is C12H12N2O. The SMILES string of the molecule is CC(=O)Nc1ccc2c(C)cccc2n1. The number of nitrogens with one attached hydrogen (secondary N) is 1. The molecule has 0 aliphatic carbocycles. The molecule has 0 bridgehead atoms. The number of hydrogen-bond acceptors (Lipinski definition) is 2. The molecule has 76 valence electrons. The molecule has 0 aliphatic rings. The highest BCUT2D eigenvalue weighted by atomic mass is 16.1. The van der Waals surface area contributed by atoms with Gasteiger partial charge in [0.25, 0.3) is 0 Å². The maximum absolute atomic E-state index is 10.9. The first kappa shape index (κ1) is 9.65. The second-order valence-corrected chi connectivity index (χ2v) is 3.52. The summed E-state index contributed by atoms with van der Waals surface area (Å²) < 4.78 is 0. The van der Waals surface area contributed by atoms with E-state index in [4.69, 9.17) is 0 Å². The third kappa shape index (κ3) is 1.96. The minimum absolute atomic E-state index is 0.102. The summed E-state index contributed by atoms with van der Waals surface area (Å²) in [6.07, 6.45) is 0. The third-order valence-electron chi connectivity index (χ3n) is 2.25. The number of nitrogens with zero attached hydrogens (tertiary/aromatic N) is 1. The highest BCUT2D eigenvalue weighted by molar-refractivity contribution is 5.90. The third-order valence-corrected chi connectivity index (χ3v) is 2.25. The first-order valence-electron chi connectivity index (χ1n) is 4.81. The summed E-state index contributed by atoms with van der Waals surface area (Å²) in [6, 6.07) is 9.73. The largest absolute Gasteiger partial charge is 0.311 e. The summed E-state index contributed by atoms with van der Waals surface area (Å²) in [5.74, 6) is 0.495. The van der Waals surface area contributed by atoms with E-state index < -0.39 is 0 Å². The van der Waals surface area contributed by atoms with E-state index in [-0.39, 0.29) is 5.91 Å². The molecule has 0 atom stereocenters. The number of aryl methyl sites for hydroxylation is 1. The Morgan fingerprint density at radius 2 is 2.07 bits per heavy atom. The number of pyridine rings is 1. The van der Waals surface area contributed by atoms with Crippen LogP contribution in [0, 0.1) is 6.92 Å². The van der Waals surface area contributed by atoms with Gasteiger partial charge in [0.15, 0.2) is 0 Å². The zero-order chi connectivity index (χ0) is 10.8. The molecule has 0 fully saturated rings. The second kappa shape index (κ2) is 3.69. The van der Waals surface area contributed by atoms with Gasteiger partial charge in [-0.15, -0.1) is 0 Å². The number of anilines is 1. The summed E-state index contributed by atoms with van der Waals surface area (Å²) in [7, 11) is 0. The Morgan fingerprint density at radius 3 is 2.80 bits per heavy atom. The van der Waals surface area contributed by atoms with Crippen LogP contribution in [-0.2, 0) is 4.79 Å². The standard InChI is InChI=1S/C12H12N2O/c1-8-4-3-5-11-10(8)6-7-12(14-11)13-9(2)15/h3-7H,1-2H3,(H,13,14,15). The smallest absolute Gasteiger partial charge is 0.222 e. The molecule has 0 saturated heterocycles. The topological polar surface area (TPSA) is 42.0 Å². The van der Waals surface area contributed by atoms with Crippen molar-refractivity contribution < 1.29 is 4.79 Å². The number of hydrogen-bond donors (Lipinski definition) is 1. The Kier molecular flexibility index (Phi) is 2.37. The lowest BCUT2D eigenvalue weighted by Crippen LogP contribution is -2.07. The molecule has 1 heterocycles. The maximum Gasteiger partial charge on any atom is 0.222 e. The van der Waals surface area contributed by atoms with E-state index >= 15 is 0 Å². The van der Waals surface area contributed by atoms with Crippen LogP contribution in [0.4, 0.5) is 5.82 Å². The van der Waals surface area contributed by atoms with Gasteiger partial charge >= 0.3 is 0 Å². The minimum atomic E-state index is -0.102. The quantitative estimate of drug-likeness (QED) is 0.768. The predicted molar refractivity (Wildman–Crippen MR) is 60.8 cm³/mol. The van der Waals surface area contributed by atoms with Gasteiger partial charge in [0, 0.05) is 12.3 Å². The van der Waals surface area contributed by atoms with E-state index in [0.717, 1.165) is 10.9 Å². The molecule has 0 radical (unpaired) electrons. The van der Waals surface area contributed by atoms with Crippen LogP contribution in [0.5, 0.6) is 0 Å². The summed E-state index contributed by atoms with van der Waals surface area (Å²) in [5.41, 5.74) is 2.09. The molecule has 1 amide bonds. The molecule has 0 aliphatic heterocycles. The number of carbonyl (C=O) groups is 1. The Bertz CT molecular complexity index is 520. The fourth-order valence-corrected chi connectivity index (χ4v) is 1.56. The van der Waals surface area contributed by atoms with Crippen molar-refractivity contribution in [3.8, 4) is 0 Å². The number of fused-ring (bicyclic) bond motifs is 1. The zero-order valence-corrected chi connectivity index (χ0v) is 8.74. The number of benzene rings is 1. The number of amides is 1. The van der Waals surface area contributed by atoms with Crippen LogP contribution in [0.15, 0.2) is 30.3 Å². The van der Waals surface area contributed by atoms with E-state index in [0.29, 0.717) is 5.82 Å². The van der Waals surface area contributed by atoms with E-state index in [1.807, 2.05) is 37.3 Å². The Balaban J connectivity index is 2.52. The fraction of sp³-hybridized carbons (Fsp3) is 0.167. The van der Waals surface area contributed by atoms with E-state index in [2.05, 4.69) is 10.3 Å². The van der Waals surface area contributed by atoms with Crippen LogP contribution >= 0.6 is 0 Å². The number of aromatic nitrogens is 1. The first-order valence-corrected chi connectivity index (χ1v) is 4.81. The van der Waals surface area contributed by atoms with Gasteiger partial charge in [-0.25, -0.2) is 4.98 Å². The van der Waals surface area contributed by atoms with Crippen molar-refractivity contribution in [2.24, 2.45) is 0 Å². The molecule has 0 spiro atoms. The summed E-state index contributed by atoms with van der Waals surface area (Å²) in [4.78, 5) is 15.2. The van der Waals surface area contributed by atoms with Crippen LogP contribution in [0.1, 0.15) is 12.5 Å². The van der Waals surface area contributed by atoms with Crippen molar-refractivity contribution in [2.75, 3.05) is 5.32 Å². The molecule has 2 rings (SSSR count). The molecule has 2 aromatic rings. The predicted octanol–water partition coefficient (Wildman–Crippen LogP) is 2.50. The highest BCUT2D eigenvalue weighted by Gasteiger charge is 2.00. The van der Waals surface area contributed by atoms with Crippen LogP contribution in [0.3, 0.4) is 0 Å². The Labute approximate surface area is 88.1 Å². The Morgan fingerprint density at radius 1 is 1.27 bits per heavy atom. The van der Waals surface area contributed by atoms with E-state index in [1.54, 1.807) is 0 Å². The minimum Gasteiger partial charge on any atom is -0.311 e. The van der Waals surface area contributed by atoms with Gasteiger partial charge in [0.1, 0.15) is 5.82 Å². The molecule has 3 nitrogen and oxygen atoms in total. The van der Waals surface area contributed by atoms with Gasteiger partial charge in [0.2, 0.25) is 5.91 Å². The molecule has 15 heavy (non-hydrogen) atoms.